The summed E-state index contributed by atoms with van der Waals surface area (Å²) >= 11 is 0. The fourth-order valence-corrected chi connectivity index (χ4v) is 4.38. The smallest absolute Gasteiger partial charge is 0.493 e. The van der Waals surface area contributed by atoms with E-state index in [1.807, 2.05) is 25.1 Å². The highest BCUT2D eigenvalue weighted by molar-refractivity contribution is 5.99. The maximum atomic E-state index is 11.4. The third-order valence-electron chi connectivity index (χ3n) is 6.14. The van der Waals surface area contributed by atoms with Gasteiger partial charge in [-0.05, 0) is 56.0 Å². The zero-order valence-corrected chi connectivity index (χ0v) is 20.1. The van der Waals surface area contributed by atoms with E-state index >= 15 is 0 Å². The summed E-state index contributed by atoms with van der Waals surface area (Å²) in [5.41, 5.74) is 4.23. The molecule has 0 saturated heterocycles. The molecule has 0 fully saturated rings. The molecule has 190 valence electrons. The molecule has 3 aromatic carbocycles. The standard InChI is InChI=1S/C27H24N2O8/c1-15-14-17(26(30)31)11-12-18(15)19-6-3-7-20-21(25(28-24(19)20)37-27(32)33)8-5-13-36-23-10-4-9-22(16(23)2)29(34)35/h3-4,6-7,9-12,14,28H,5,8,13H2,1-2H3,(H,30,31)(H,32,33). The van der Waals surface area contributed by atoms with E-state index in [9.17, 15) is 29.9 Å². The molecule has 37 heavy (non-hydrogen) atoms. The lowest BCUT2D eigenvalue weighted by Crippen LogP contribution is -2.06. The quantitative estimate of drug-likeness (QED) is 0.107. The zero-order valence-electron chi connectivity index (χ0n) is 20.1. The lowest BCUT2D eigenvalue weighted by Gasteiger charge is -2.10. The third-order valence-corrected chi connectivity index (χ3v) is 6.14. The number of carboxylic acid groups (broad SMARTS) is 2. The van der Waals surface area contributed by atoms with Gasteiger partial charge >= 0.3 is 12.1 Å². The average molecular weight is 504 g/mol. The second kappa shape index (κ2) is 10.4. The summed E-state index contributed by atoms with van der Waals surface area (Å²) < 4.78 is 10.8. The van der Waals surface area contributed by atoms with Crippen molar-refractivity contribution in [1.82, 2.24) is 4.98 Å². The van der Waals surface area contributed by atoms with Gasteiger partial charge in [0.1, 0.15) is 5.75 Å². The molecule has 1 aromatic heterocycles. The van der Waals surface area contributed by atoms with Crippen LogP contribution in [-0.2, 0) is 6.42 Å². The Morgan fingerprint density at radius 2 is 1.78 bits per heavy atom. The molecule has 0 saturated carbocycles. The number of hydrogen-bond donors (Lipinski definition) is 3. The number of benzene rings is 3. The molecule has 10 nitrogen and oxygen atoms in total. The molecule has 0 amide bonds. The monoisotopic (exact) mass is 504 g/mol. The predicted octanol–water partition coefficient (Wildman–Crippen LogP) is 6.13. The van der Waals surface area contributed by atoms with Crippen LogP contribution in [0.4, 0.5) is 10.5 Å². The van der Waals surface area contributed by atoms with E-state index in [0.717, 1.165) is 22.1 Å². The van der Waals surface area contributed by atoms with Gasteiger partial charge in [0.2, 0.25) is 5.88 Å². The Morgan fingerprint density at radius 3 is 2.46 bits per heavy atom. The average Bonchev–Trinajstić information content (AvgIpc) is 3.19. The van der Waals surface area contributed by atoms with Crippen molar-refractivity contribution in [2.75, 3.05) is 6.61 Å². The molecule has 0 bridgehead atoms. The summed E-state index contributed by atoms with van der Waals surface area (Å²) in [6.45, 7) is 3.68. The van der Waals surface area contributed by atoms with Crippen LogP contribution in [0.3, 0.4) is 0 Å². The number of nitrogens with one attached hydrogen (secondary N) is 1. The second-order valence-corrected chi connectivity index (χ2v) is 8.47. The van der Waals surface area contributed by atoms with Crippen molar-refractivity contribution in [1.29, 1.82) is 0 Å². The minimum atomic E-state index is -1.46. The summed E-state index contributed by atoms with van der Waals surface area (Å²) in [7, 11) is 0. The maximum Gasteiger partial charge on any atom is 0.512 e. The highest BCUT2D eigenvalue weighted by Gasteiger charge is 2.19. The Morgan fingerprint density at radius 1 is 1.03 bits per heavy atom. The zero-order chi connectivity index (χ0) is 26.7. The summed E-state index contributed by atoms with van der Waals surface area (Å²) in [5.74, 6) is -0.506. The number of aryl methyl sites for hydroxylation is 2. The number of nitro benzene ring substituents is 1. The summed E-state index contributed by atoms with van der Waals surface area (Å²) in [5, 5.41) is 30.5. The number of hydrogen-bond acceptors (Lipinski definition) is 6. The lowest BCUT2D eigenvalue weighted by molar-refractivity contribution is -0.385. The molecule has 0 aliphatic rings. The number of rotatable bonds is 9. The molecule has 4 aromatic rings. The maximum absolute atomic E-state index is 11.4. The first-order valence-electron chi connectivity index (χ1n) is 11.4. The van der Waals surface area contributed by atoms with E-state index in [0.29, 0.717) is 35.2 Å². The first kappa shape index (κ1) is 25.2. The van der Waals surface area contributed by atoms with E-state index in [1.54, 1.807) is 31.2 Å². The van der Waals surface area contributed by atoms with Gasteiger partial charge in [-0.1, -0.05) is 30.3 Å². The van der Waals surface area contributed by atoms with E-state index in [-0.39, 0.29) is 23.7 Å². The van der Waals surface area contributed by atoms with Gasteiger partial charge in [0.05, 0.1) is 28.2 Å². The summed E-state index contributed by atoms with van der Waals surface area (Å²) in [4.78, 5) is 36.5. The van der Waals surface area contributed by atoms with Crippen molar-refractivity contribution in [3.8, 4) is 22.8 Å². The molecule has 0 spiro atoms. The Hall–Kier alpha value is -4.86. The molecule has 3 N–H and O–H groups in total. The molecule has 10 heteroatoms. The first-order chi connectivity index (χ1) is 17.7. The van der Waals surface area contributed by atoms with E-state index in [2.05, 4.69) is 4.98 Å². The lowest BCUT2D eigenvalue weighted by atomic mass is 9.96. The minimum absolute atomic E-state index is 0.0227. The summed E-state index contributed by atoms with van der Waals surface area (Å²) in [6, 6.07) is 15.0. The van der Waals surface area contributed by atoms with Gasteiger partial charge in [-0.2, -0.15) is 0 Å². The number of fused-ring (bicyclic) bond motifs is 1. The normalized spacial score (nSPS) is 10.9. The SMILES string of the molecule is Cc1cc(C(=O)O)ccc1-c1cccc2c(CCCOc3cccc([N+](=O)[O-])c3C)c(OC(=O)O)[nH]c12. The van der Waals surface area contributed by atoms with Gasteiger partial charge < -0.3 is 24.7 Å². The van der Waals surface area contributed by atoms with Crippen molar-refractivity contribution in [2.45, 2.75) is 26.7 Å². The molecule has 0 radical (unpaired) electrons. The van der Waals surface area contributed by atoms with Crippen LogP contribution in [0.2, 0.25) is 0 Å². The highest BCUT2D eigenvalue weighted by atomic mass is 16.7. The van der Waals surface area contributed by atoms with Crippen LogP contribution in [0.25, 0.3) is 22.0 Å². The Kier molecular flexibility index (Phi) is 7.10. The van der Waals surface area contributed by atoms with E-state index in [1.165, 1.54) is 12.1 Å². The van der Waals surface area contributed by atoms with Crippen LogP contribution >= 0.6 is 0 Å². The molecular formula is C27H24N2O8. The minimum Gasteiger partial charge on any atom is -0.493 e. The van der Waals surface area contributed by atoms with Crippen molar-refractivity contribution < 1.29 is 34.2 Å². The summed E-state index contributed by atoms with van der Waals surface area (Å²) in [6.07, 6.45) is -0.557. The van der Waals surface area contributed by atoms with Gasteiger partial charge in [-0.3, -0.25) is 10.1 Å². The molecule has 1 heterocycles. The van der Waals surface area contributed by atoms with Crippen LogP contribution in [0.5, 0.6) is 11.6 Å². The highest BCUT2D eigenvalue weighted by Crippen LogP contribution is 2.37. The van der Waals surface area contributed by atoms with Crippen LogP contribution in [-0.4, -0.2) is 38.9 Å². The number of aromatic carboxylic acids is 1. The van der Waals surface area contributed by atoms with Crippen molar-refractivity contribution in [2.24, 2.45) is 0 Å². The van der Waals surface area contributed by atoms with Crippen molar-refractivity contribution in [3.05, 3.63) is 87.0 Å². The van der Waals surface area contributed by atoms with Gasteiger partial charge in [0.25, 0.3) is 5.69 Å². The number of nitro groups is 1. The fraction of sp³-hybridized carbons (Fsp3) is 0.185. The Labute approximate surface area is 211 Å². The van der Waals surface area contributed by atoms with Gasteiger partial charge in [-0.15, -0.1) is 0 Å². The third kappa shape index (κ3) is 5.22. The largest absolute Gasteiger partial charge is 0.512 e. The van der Waals surface area contributed by atoms with E-state index < -0.39 is 17.0 Å². The Bertz CT molecular complexity index is 1520. The number of para-hydroxylation sites is 1. The molecule has 0 aliphatic carbocycles. The molecular weight excluding hydrogens is 480 g/mol. The predicted molar refractivity (Wildman–Crippen MR) is 136 cm³/mol. The second-order valence-electron chi connectivity index (χ2n) is 8.47. The van der Waals surface area contributed by atoms with Crippen LogP contribution in [0, 0.1) is 24.0 Å². The fourth-order valence-electron chi connectivity index (χ4n) is 4.38. The van der Waals surface area contributed by atoms with Crippen LogP contribution < -0.4 is 9.47 Å². The van der Waals surface area contributed by atoms with Crippen LogP contribution in [0.1, 0.15) is 33.5 Å². The van der Waals surface area contributed by atoms with Crippen LogP contribution in [0.15, 0.2) is 54.6 Å². The van der Waals surface area contributed by atoms with Gasteiger partial charge in [0, 0.05) is 22.6 Å². The van der Waals surface area contributed by atoms with Gasteiger partial charge in [0.15, 0.2) is 0 Å². The molecule has 4 rings (SSSR count). The number of carbonyl (C=O) groups is 2. The molecule has 0 atom stereocenters. The van der Waals surface area contributed by atoms with Crippen molar-refractivity contribution in [3.63, 3.8) is 0 Å². The Balaban J connectivity index is 1.63. The molecule has 0 unspecified atom stereocenters. The topological polar surface area (TPSA) is 152 Å². The number of carboxylic acids is 1. The number of aromatic amines is 1. The number of aromatic nitrogens is 1. The number of nitrogens with zero attached hydrogens (tertiary/aromatic N) is 1. The number of H-pyrrole nitrogens is 1. The van der Waals surface area contributed by atoms with Gasteiger partial charge in [-0.25, -0.2) is 9.59 Å². The first-order valence-corrected chi connectivity index (χ1v) is 11.4. The number of ether oxygens (including phenoxy) is 2. The van der Waals surface area contributed by atoms with E-state index in [4.69, 9.17) is 9.47 Å². The molecule has 0 aliphatic heterocycles. The van der Waals surface area contributed by atoms with Crippen molar-refractivity contribution >= 4 is 28.7 Å².